The van der Waals surface area contributed by atoms with E-state index in [9.17, 15) is 0 Å². The Morgan fingerprint density at radius 2 is 2.40 bits per heavy atom. The van der Waals surface area contributed by atoms with Crippen molar-refractivity contribution in [3.63, 3.8) is 0 Å². The first-order chi connectivity index (χ1) is 9.69. The van der Waals surface area contributed by atoms with Crippen LogP contribution in [0.2, 0.25) is 0 Å². The summed E-state index contributed by atoms with van der Waals surface area (Å²) in [5, 5.41) is 11.4. The number of nitrogens with zero attached hydrogens (tertiary/aromatic N) is 5. The lowest BCUT2D eigenvalue weighted by molar-refractivity contribution is 0.390. The van der Waals surface area contributed by atoms with Gasteiger partial charge in [-0.25, -0.2) is 0 Å². The number of aryl methyl sites for hydroxylation is 1. The van der Waals surface area contributed by atoms with Crippen LogP contribution in [-0.2, 0) is 13.1 Å². The molecule has 2 aromatic rings. The lowest BCUT2D eigenvalue weighted by Crippen LogP contribution is -2.39. The van der Waals surface area contributed by atoms with E-state index in [-0.39, 0.29) is 0 Å². The summed E-state index contributed by atoms with van der Waals surface area (Å²) in [6, 6.07) is 1.84. The molecule has 0 spiro atoms. The molecule has 0 saturated heterocycles. The second kappa shape index (κ2) is 6.74. The van der Waals surface area contributed by atoms with Crippen molar-refractivity contribution in [2.75, 3.05) is 20.6 Å². The summed E-state index contributed by atoms with van der Waals surface area (Å²) in [6.07, 6.45) is 5.44. The van der Waals surface area contributed by atoms with Crippen molar-refractivity contribution in [2.45, 2.75) is 20.0 Å². The van der Waals surface area contributed by atoms with Crippen molar-refractivity contribution in [1.82, 2.24) is 25.2 Å². The van der Waals surface area contributed by atoms with Crippen LogP contribution in [0.1, 0.15) is 11.3 Å². The van der Waals surface area contributed by atoms with Crippen molar-refractivity contribution < 1.29 is 4.52 Å². The Morgan fingerprint density at radius 1 is 1.55 bits per heavy atom. The van der Waals surface area contributed by atoms with Crippen LogP contribution in [0.4, 0.5) is 0 Å². The molecule has 0 saturated carbocycles. The lowest BCUT2D eigenvalue weighted by Gasteiger charge is -2.20. The molecule has 0 bridgehead atoms. The molecule has 2 aromatic heterocycles. The van der Waals surface area contributed by atoms with Gasteiger partial charge in [-0.1, -0.05) is 5.16 Å². The van der Waals surface area contributed by atoms with Gasteiger partial charge in [0.15, 0.2) is 5.96 Å². The molecule has 0 amide bonds. The van der Waals surface area contributed by atoms with E-state index >= 15 is 0 Å². The van der Waals surface area contributed by atoms with E-state index in [4.69, 9.17) is 4.52 Å². The summed E-state index contributed by atoms with van der Waals surface area (Å²) in [4.78, 5) is 6.24. The topological polar surface area (TPSA) is 71.5 Å². The average Bonchev–Trinajstić information content (AvgIpc) is 3.06. The number of hydrogen-bond donors (Lipinski definition) is 1. The molecule has 7 heteroatoms. The molecule has 0 radical (unpaired) electrons. The number of guanidine groups is 1. The predicted molar refractivity (Wildman–Crippen MR) is 76.3 cm³/mol. The van der Waals surface area contributed by atoms with Crippen LogP contribution in [-0.4, -0.2) is 46.4 Å². The fourth-order valence-corrected chi connectivity index (χ4v) is 1.89. The minimum absolute atomic E-state index is 0.650. The zero-order valence-corrected chi connectivity index (χ0v) is 12.1. The second-order valence-corrected chi connectivity index (χ2v) is 4.60. The highest BCUT2D eigenvalue weighted by Gasteiger charge is 2.07. The molecule has 0 unspecified atom stereocenters. The zero-order valence-electron chi connectivity index (χ0n) is 12.1. The molecule has 0 aromatic carbocycles. The van der Waals surface area contributed by atoms with Crippen LogP contribution in [0.25, 0.3) is 0 Å². The molecular formula is C13H20N6O. The highest BCUT2D eigenvalue weighted by atomic mass is 16.5. The molecule has 108 valence electrons. The van der Waals surface area contributed by atoms with Crippen LogP contribution >= 0.6 is 0 Å². The van der Waals surface area contributed by atoms with Gasteiger partial charge in [0, 0.05) is 32.9 Å². The summed E-state index contributed by atoms with van der Waals surface area (Å²) in [5.74, 6) is 0.817. The molecule has 2 heterocycles. The minimum atomic E-state index is 0.650. The molecule has 0 atom stereocenters. The van der Waals surface area contributed by atoms with Crippen molar-refractivity contribution in [3.05, 3.63) is 36.0 Å². The van der Waals surface area contributed by atoms with E-state index in [1.165, 1.54) is 0 Å². The van der Waals surface area contributed by atoms with Crippen LogP contribution in [0.15, 0.2) is 34.2 Å². The molecule has 20 heavy (non-hydrogen) atoms. The fourth-order valence-electron chi connectivity index (χ4n) is 1.89. The van der Waals surface area contributed by atoms with E-state index in [1.807, 2.05) is 42.0 Å². The quantitative estimate of drug-likeness (QED) is 0.648. The Hall–Kier alpha value is -2.31. The number of rotatable bonds is 5. The van der Waals surface area contributed by atoms with Gasteiger partial charge in [0.2, 0.25) is 0 Å². The fraction of sp³-hybridized carbons (Fsp3) is 0.462. The van der Waals surface area contributed by atoms with Gasteiger partial charge in [-0.2, -0.15) is 5.10 Å². The third-order valence-electron chi connectivity index (χ3n) is 2.85. The first-order valence-electron chi connectivity index (χ1n) is 6.49. The van der Waals surface area contributed by atoms with Gasteiger partial charge in [0.1, 0.15) is 12.0 Å². The number of hydrogen-bond acceptors (Lipinski definition) is 4. The smallest absolute Gasteiger partial charge is 0.193 e. The zero-order chi connectivity index (χ0) is 14.4. The summed E-state index contributed by atoms with van der Waals surface area (Å²) >= 11 is 0. The molecule has 0 aliphatic carbocycles. The highest BCUT2D eigenvalue weighted by molar-refractivity contribution is 5.79. The Bertz CT molecular complexity index is 545. The van der Waals surface area contributed by atoms with Crippen LogP contribution in [0, 0.1) is 6.92 Å². The molecular weight excluding hydrogens is 256 g/mol. The third kappa shape index (κ3) is 3.84. The summed E-state index contributed by atoms with van der Waals surface area (Å²) in [6.45, 7) is 4.24. The third-order valence-corrected chi connectivity index (χ3v) is 2.85. The monoisotopic (exact) mass is 276 g/mol. The Kier molecular flexibility index (Phi) is 4.75. The van der Waals surface area contributed by atoms with E-state index in [0.717, 1.165) is 30.3 Å². The normalized spacial score (nSPS) is 11.7. The number of aliphatic imine (C=N–C) groups is 1. The maximum atomic E-state index is 4.82. The molecule has 2 rings (SSSR count). The maximum Gasteiger partial charge on any atom is 0.193 e. The Morgan fingerprint density at radius 3 is 3.00 bits per heavy atom. The molecule has 1 N–H and O–H groups in total. The number of aromatic nitrogens is 3. The van der Waals surface area contributed by atoms with E-state index in [2.05, 4.69) is 20.6 Å². The van der Waals surface area contributed by atoms with Gasteiger partial charge in [0.25, 0.3) is 0 Å². The highest BCUT2D eigenvalue weighted by Crippen LogP contribution is 2.00. The molecule has 0 aliphatic rings. The molecule has 7 nitrogen and oxygen atoms in total. The van der Waals surface area contributed by atoms with E-state index in [0.29, 0.717) is 6.54 Å². The van der Waals surface area contributed by atoms with Gasteiger partial charge in [-0.15, -0.1) is 0 Å². The standard InChI is InChI=1S/C13H20N6O/c1-11-8-16-19(9-11)6-5-15-13(14-2)18(3)10-12-4-7-20-17-12/h4,7-9H,5-6,10H2,1-3H3,(H,14,15). The molecule has 0 fully saturated rings. The van der Waals surface area contributed by atoms with Gasteiger partial charge in [-0.3, -0.25) is 9.67 Å². The number of nitrogens with one attached hydrogen (secondary N) is 1. The van der Waals surface area contributed by atoms with Crippen molar-refractivity contribution in [1.29, 1.82) is 0 Å². The summed E-state index contributed by atoms with van der Waals surface area (Å²) in [7, 11) is 3.72. The predicted octanol–water partition coefficient (Wildman–Crippen LogP) is 0.887. The minimum Gasteiger partial charge on any atom is -0.364 e. The lowest BCUT2D eigenvalue weighted by atomic mass is 10.4. The van der Waals surface area contributed by atoms with Gasteiger partial charge >= 0.3 is 0 Å². The van der Waals surface area contributed by atoms with Gasteiger partial charge in [-0.05, 0) is 12.5 Å². The molecule has 0 aliphatic heterocycles. The first-order valence-corrected chi connectivity index (χ1v) is 6.49. The van der Waals surface area contributed by atoms with Crippen LogP contribution in [0.5, 0.6) is 0 Å². The van der Waals surface area contributed by atoms with Crippen molar-refractivity contribution >= 4 is 5.96 Å². The largest absolute Gasteiger partial charge is 0.364 e. The van der Waals surface area contributed by atoms with Crippen LogP contribution in [0.3, 0.4) is 0 Å². The van der Waals surface area contributed by atoms with Crippen molar-refractivity contribution in [2.24, 2.45) is 4.99 Å². The summed E-state index contributed by atoms with van der Waals surface area (Å²) in [5.41, 5.74) is 2.04. The van der Waals surface area contributed by atoms with E-state index in [1.54, 1.807) is 13.3 Å². The Balaban J connectivity index is 1.80. The Labute approximate surface area is 118 Å². The van der Waals surface area contributed by atoms with Gasteiger partial charge in [0.05, 0.1) is 19.3 Å². The SMILES string of the molecule is CN=C(NCCn1cc(C)cn1)N(C)Cc1ccon1. The first kappa shape index (κ1) is 14.1. The van der Waals surface area contributed by atoms with Crippen molar-refractivity contribution in [3.8, 4) is 0 Å². The average molecular weight is 276 g/mol. The van der Waals surface area contributed by atoms with Gasteiger partial charge < -0.3 is 14.7 Å². The van der Waals surface area contributed by atoms with Crippen LogP contribution < -0.4 is 5.32 Å². The maximum absolute atomic E-state index is 4.82. The summed E-state index contributed by atoms with van der Waals surface area (Å²) < 4.78 is 6.73. The second-order valence-electron chi connectivity index (χ2n) is 4.60. The van der Waals surface area contributed by atoms with E-state index < -0.39 is 0 Å².